The summed E-state index contributed by atoms with van der Waals surface area (Å²) in [7, 11) is 1.87. The van der Waals surface area contributed by atoms with Crippen molar-refractivity contribution in [1.29, 1.82) is 0 Å². The Bertz CT molecular complexity index is 1530. The fourth-order valence-corrected chi connectivity index (χ4v) is 7.10. The molecule has 3 unspecified atom stereocenters. The summed E-state index contributed by atoms with van der Waals surface area (Å²) in [6.45, 7) is 7.15. The Morgan fingerprint density at radius 2 is 1.89 bits per heavy atom. The summed E-state index contributed by atoms with van der Waals surface area (Å²) >= 11 is 0. The topological polar surface area (TPSA) is 46.3 Å². The summed E-state index contributed by atoms with van der Waals surface area (Å²) in [6, 6.07) is 17.0. The third-order valence-electron chi connectivity index (χ3n) is 8.76. The van der Waals surface area contributed by atoms with Gasteiger partial charge in [0.05, 0.1) is 17.7 Å². The van der Waals surface area contributed by atoms with Gasteiger partial charge in [-0.3, -0.25) is 14.0 Å². The van der Waals surface area contributed by atoms with Crippen molar-refractivity contribution in [1.82, 2.24) is 19.0 Å². The number of piperidine rings is 1. The van der Waals surface area contributed by atoms with Crippen LogP contribution in [-0.2, 0) is 20.0 Å². The third-order valence-corrected chi connectivity index (χ3v) is 8.76. The molecule has 0 saturated carbocycles. The molecule has 6 nitrogen and oxygen atoms in total. The number of rotatable bonds is 0. The van der Waals surface area contributed by atoms with Crippen molar-refractivity contribution >= 4 is 27.8 Å². The highest BCUT2D eigenvalue weighted by Crippen LogP contribution is 2.40. The van der Waals surface area contributed by atoms with E-state index in [-0.39, 0.29) is 5.69 Å². The Balaban J connectivity index is 1.56. The molecule has 2 bridgehead atoms. The van der Waals surface area contributed by atoms with Crippen molar-refractivity contribution in [3.05, 3.63) is 69.6 Å². The quantitative estimate of drug-likeness (QED) is 0.388. The molecule has 7 rings (SSSR count). The van der Waals surface area contributed by atoms with Crippen LogP contribution in [0.1, 0.15) is 42.9 Å². The maximum atomic E-state index is 13.7. The first-order chi connectivity index (χ1) is 17.0. The van der Waals surface area contributed by atoms with E-state index in [1.807, 2.05) is 11.6 Å². The van der Waals surface area contributed by atoms with Crippen molar-refractivity contribution in [2.75, 3.05) is 18.0 Å². The smallest absolute Gasteiger partial charge is 0.330 e. The zero-order valence-corrected chi connectivity index (χ0v) is 20.9. The van der Waals surface area contributed by atoms with Gasteiger partial charge in [-0.05, 0) is 62.8 Å². The number of benzene rings is 2. The molecule has 0 radical (unpaired) electrons. The highest BCUT2D eigenvalue weighted by Gasteiger charge is 2.42. The van der Waals surface area contributed by atoms with Crippen LogP contribution in [0.5, 0.6) is 0 Å². The highest BCUT2D eigenvalue weighted by molar-refractivity contribution is 6.06. The molecule has 2 aromatic carbocycles. The Kier molecular flexibility index (Phi) is 4.65. The second-order valence-electron chi connectivity index (χ2n) is 11.0. The summed E-state index contributed by atoms with van der Waals surface area (Å²) in [5, 5.41) is 1.16. The van der Waals surface area contributed by atoms with Crippen LogP contribution in [0.3, 0.4) is 0 Å². The number of nitrogens with zero attached hydrogens (tertiary/aromatic N) is 5. The minimum Gasteiger partial charge on any atom is -0.368 e. The van der Waals surface area contributed by atoms with Gasteiger partial charge in [-0.15, -0.1) is 0 Å². The van der Waals surface area contributed by atoms with Gasteiger partial charge in [-0.1, -0.05) is 35.9 Å². The average molecular weight is 468 g/mol. The van der Waals surface area contributed by atoms with Gasteiger partial charge in [0.15, 0.2) is 5.65 Å². The van der Waals surface area contributed by atoms with Gasteiger partial charge in [0.1, 0.15) is 5.52 Å². The zero-order chi connectivity index (χ0) is 23.8. The predicted molar refractivity (Wildman–Crippen MR) is 141 cm³/mol. The maximum Gasteiger partial charge on any atom is 0.330 e. The number of aromatic nitrogens is 3. The normalized spacial score (nSPS) is 24.4. The molecule has 2 fully saturated rings. The molecule has 6 heteroatoms. The number of fused-ring (bicyclic) bond motifs is 8. The van der Waals surface area contributed by atoms with Gasteiger partial charge in [0.2, 0.25) is 0 Å². The van der Waals surface area contributed by atoms with Gasteiger partial charge < -0.3 is 4.90 Å². The van der Waals surface area contributed by atoms with Crippen molar-refractivity contribution < 1.29 is 0 Å². The van der Waals surface area contributed by atoms with Crippen molar-refractivity contribution in [2.45, 2.75) is 64.2 Å². The standard InChI is InChI=1S/C29H33N5O/c1-18-10-11-25-24(13-18)26-27-28(30-25)31(3)29(35)33(27)16-21-8-5-4-7-20(21)15-23-14-19(2)34(23)22-9-6-12-32(26)17-22/h4-5,7-8,10-11,13,19,22-23H,6,9,12,14-17H2,1-3H3. The van der Waals surface area contributed by atoms with E-state index in [9.17, 15) is 4.79 Å². The van der Waals surface area contributed by atoms with Crippen LogP contribution in [0.2, 0.25) is 0 Å². The molecule has 0 spiro atoms. The molecule has 4 aromatic rings. The van der Waals surface area contributed by atoms with E-state index in [1.165, 1.54) is 41.6 Å². The van der Waals surface area contributed by atoms with E-state index < -0.39 is 0 Å². The summed E-state index contributed by atoms with van der Waals surface area (Å²) in [4.78, 5) is 24.1. The maximum absolute atomic E-state index is 13.7. The Hall–Kier alpha value is -3.12. The first-order valence-electron chi connectivity index (χ1n) is 13.1. The zero-order valence-electron chi connectivity index (χ0n) is 20.9. The number of imidazole rings is 1. The number of hydrogen-bond acceptors (Lipinski definition) is 4. The molecule has 3 aliphatic heterocycles. The predicted octanol–water partition coefficient (Wildman–Crippen LogP) is 4.23. The van der Waals surface area contributed by atoms with E-state index in [4.69, 9.17) is 4.98 Å². The van der Waals surface area contributed by atoms with Crippen molar-refractivity contribution in [2.24, 2.45) is 7.05 Å². The van der Waals surface area contributed by atoms with E-state index in [1.54, 1.807) is 4.57 Å². The van der Waals surface area contributed by atoms with Crippen LogP contribution in [0.15, 0.2) is 47.3 Å². The van der Waals surface area contributed by atoms with Gasteiger partial charge >= 0.3 is 5.69 Å². The molecule has 3 atom stereocenters. The summed E-state index contributed by atoms with van der Waals surface area (Å²) in [6.07, 6.45) is 4.73. The molecule has 35 heavy (non-hydrogen) atoms. The Morgan fingerprint density at radius 1 is 1.06 bits per heavy atom. The highest BCUT2D eigenvalue weighted by atomic mass is 16.1. The van der Waals surface area contributed by atoms with Crippen LogP contribution in [0.25, 0.3) is 22.1 Å². The first kappa shape index (κ1) is 21.2. The third kappa shape index (κ3) is 3.12. The SMILES string of the molecule is Cc1ccc2nc3c4c(c2c1)N1CCCC(C1)N1C(C)CC1Cc1ccccc1Cn4c(=O)n3C. The molecular weight excluding hydrogens is 434 g/mol. The van der Waals surface area contributed by atoms with Gasteiger partial charge in [-0.25, -0.2) is 9.78 Å². The van der Waals surface area contributed by atoms with Crippen LogP contribution >= 0.6 is 0 Å². The second-order valence-corrected chi connectivity index (χ2v) is 11.0. The van der Waals surface area contributed by atoms with Gasteiger partial charge in [0.25, 0.3) is 0 Å². The fraction of sp³-hybridized carbons (Fsp3) is 0.448. The first-order valence-corrected chi connectivity index (χ1v) is 13.1. The number of anilines is 1. The van der Waals surface area contributed by atoms with E-state index in [2.05, 4.69) is 66.1 Å². The Labute approximate surface area is 205 Å². The lowest BCUT2D eigenvalue weighted by Crippen LogP contribution is -2.63. The lowest BCUT2D eigenvalue weighted by Gasteiger charge is -2.54. The van der Waals surface area contributed by atoms with Crippen LogP contribution in [-0.4, -0.2) is 50.2 Å². The molecule has 2 saturated heterocycles. The minimum absolute atomic E-state index is 0.0140. The number of hydrogen-bond donors (Lipinski definition) is 0. The molecule has 5 heterocycles. The number of aryl methyl sites for hydroxylation is 2. The summed E-state index contributed by atoms with van der Waals surface area (Å²) in [5.41, 5.74) is 7.79. The molecule has 0 amide bonds. The van der Waals surface area contributed by atoms with E-state index in [0.717, 1.165) is 41.6 Å². The van der Waals surface area contributed by atoms with Gasteiger partial charge in [-0.2, -0.15) is 0 Å². The molecule has 2 aromatic heterocycles. The lowest BCUT2D eigenvalue weighted by molar-refractivity contribution is -0.0202. The molecular formula is C29H33N5O. The largest absolute Gasteiger partial charge is 0.368 e. The van der Waals surface area contributed by atoms with Crippen molar-refractivity contribution in [3.63, 3.8) is 0 Å². The van der Waals surface area contributed by atoms with Crippen molar-refractivity contribution in [3.8, 4) is 0 Å². The average Bonchev–Trinajstić information content (AvgIpc) is 3.07. The summed E-state index contributed by atoms with van der Waals surface area (Å²) < 4.78 is 3.74. The van der Waals surface area contributed by atoms with Gasteiger partial charge in [0, 0.05) is 43.6 Å². The fourth-order valence-electron chi connectivity index (χ4n) is 7.10. The van der Waals surface area contributed by atoms with Crippen LogP contribution in [0, 0.1) is 6.92 Å². The second kappa shape index (κ2) is 7.69. The minimum atomic E-state index is 0.0140. The van der Waals surface area contributed by atoms with E-state index in [0.29, 0.717) is 24.7 Å². The summed E-state index contributed by atoms with van der Waals surface area (Å²) in [5.74, 6) is 0. The molecule has 0 aliphatic carbocycles. The lowest BCUT2D eigenvalue weighted by atomic mass is 9.84. The van der Waals surface area contributed by atoms with Crippen LogP contribution < -0.4 is 10.6 Å². The molecule has 0 N–H and O–H groups in total. The molecule has 3 aliphatic rings. The number of pyridine rings is 1. The Morgan fingerprint density at radius 3 is 2.71 bits per heavy atom. The van der Waals surface area contributed by atoms with E-state index >= 15 is 0 Å². The molecule has 180 valence electrons. The van der Waals surface area contributed by atoms with Crippen LogP contribution in [0.4, 0.5) is 5.69 Å². The monoisotopic (exact) mass is 467 g/mol.